The Balaban J connectivity index is 2.21. The molecule has 0 saturated heterocycles. The summed E-state index contributed by atoms with van der Waals surface area (Å²) >= 11 is 0. The maximum absolute atomic E-state index is 10.3. The highest BCUT2D eigenvalue weighted by atomic mass is 16.3. The van der Waals surface area contributed by atoms with Gasteiger partial charge in [-0.25, -0.2) is 0 Å². The zero-order valence-corrected chi connectivity index (χ0v) is 10.1. The van der Waals surface area contributed by atoms with Crippen LogP contribution in [0.5, 0.6) is 0 Å². The van der Waals surface area contributed by atoms with Crippen molar-refractivity contribution in [1.82, 2.24) is 0 Å². The molecule has 1 N–H and O–H groups in total. The molecule has 2 saturated carbocycles. The minimum Gasteiger partial charge on any atom is -0.392 e. The fraction of sp³-hybridized carbons (Fsp3) is 0.857. The van der Waals surface area contributed by atoms with Gasteiger partial charge < -0.3 is 5.11 Å². The van der Waals surface area contributed by atoms with Crippen LogP contribution in [0.2, 0.25) is 0 Å². The molecule has 4 atom stereocenters. The Morgan fingerprint density at radius 2 is 2.00 bits per heavy atom. The van der Waals surface area contributed by atoms with Crippen LogP contribution in [-0.2, 0) is 0 Å². The van der Waals surface area contributed by atoms with E-state index in [1.165, 1.54) is 31.3 Å². The van der Waals surface area contributed by atoms with Gasteiger partial charge in [0.1, 0.15) is 0 Å². The summed E-state index contributed by atoms with van der Waals surface area (Å²) in [4.78, 5) is 0. The van der Waals surface area contributed by atoms with E-state index in [4.69, 9.17) is 0 Å². The van der Waals surface area contributed by atoms with Gasteiger partial charge in [-0.3, -0.25) is 0 Å². The number of aliphatic hydroxyl groups is 1. The Morgan fingerprint density at radius 3 is 2.73 bits per heavy atom. The van der Waals surface area contributed by atoms with Crippen LogP contribution in [0.3, 0.4) is 0 Å². The van der Waals surface area contributed by atoms with Gasteiger partial charge in [-0.2, -0.15) is 0 Å². The molecule has 3 aliphatic carbocycles. The molecule has 0 heterocycles. The van der Waals surface area contributed by atoms with Crippen molar-refractivity contribution in [1.29, 1.82) is 0 Å². The van der Waals surface area contributed by atoms with Gasteiger partial charge in [-0.1, -0.05) is 31.9 Å². The quantitative estimate of drug-likeness (QED) is 0.603. The average molecular weight is 206 g/mol. The fourth-order valence-corrected chi connectivity index (χ4v) is 5.27. The Morgan fingerprint density at radius 1 is 1.27 bits per heavy atom. The van der Waals surface area contributed by atoms with Gasteiger partial charge in [-0.05, 0) is 43.4 Å². The molecular formula is C14H22O. The highest BCUT2D eigenvalue weighted by Crippen LogP contribution is 2.75. The molecule has 1 unspecified atom stereocenters. The molecule has 0 aromatic rings. The van der Waals surface area contributed by atoms with Gasteiger partial charge in [0.2, 0.25) is 0 Å². The van der Waals surface area contributed by atoms with Gasteiger partial charge in [-0.15, -0.1) is 0 Å². The van der Waals surface area contributed by atoms with Crippen molar-refractivity contribution in [3.8, 4) is 0 Å². The molecule has 84 valence electrons. The summed E-state index contributed by atoms with van der Waals surface area (Å²) in [7, 11) is 0. The predicted molar refractivity (Wildman–Crippen MR) is 61.5 cm³/mol. The lowest BCUT2D eigenvalue weighted by Crippen LogP contribution is -2.43. The molecule has 1 nitrogen and oxygen atoms in total. The van der Waals surface area contributed by atoms with Crippen LogP contribution in [0.15, 0.2) is 11.6 Å². The summed E-state index contributed by atoms with van der Waals surface area (Å²) in [6.45, 7) is 6.97. The highest BCUT2D eigenvalue weighted by Gasteiger charge is 2.69. The third-order valence-corrected chi connectivity index (χ3v) is 6.25. The van der Waals surface area contributed by atoms with E-state index in [9.17, 15) is 5.11 Å². The zero-order chi connectivity index (χ0) is 10.9. The topological polar surface area (TPSA) is 20.2 Å². The van der Waals surface area contributed by atoms with Crippen molar-refractivity contribution in [2.24, 2.45) is 16.2 Å². The van der Waals surface area contributed by atoms with Crippen LogP contribution in [0.4, 0.5) is 0 Å². The first-order valence-corrected chi connectivity index (χ1v) is 6.34. The van der Waals surface area contributed by atoms with E-state index in [-0.39, 0.29) is 11.5 Å². The van der Waals surface area contributed by atoms with Crippen LogP contribution >= 0.6 is 0 Å². The maximum Gasteiger partial charge on any atom is 0.0636 e. The Hall–Kier alpha value is -0.300. The minimum atomic E-state index is -0.103. The summed E-state index contributed by atoms with van der Waals surface area (Å²) in [6.07, 6.45) is 8.63. The van der Waals surface area contributed by atoms with Gasteiger partial charge in [0.15, 0.2) is 0 Å². The van der Waals surface area contributed by atoms with Gasteiger partial charge in [0.05, 0.1) is 6.10 Å². The lowest BCUT2D eigenvalue weighted by Gasteiger charge is -2.46. The molecule has 0 radical (unpaired) electrons. The standard InChI is InChI=1S/C14H22O/c1-10-9-12(2)6-4-7-14(12)8-5-11(15)13(10,14)3/h9,11,15H,4-8H2,1-3H3/t11?,12-,13+,14+/m0/s1. The number of rotatable bonds is 0. The molecule has 1 spiro atoms. The van der Waals surface area contributed by atoms with E-state index in [0.29, 0.717) is 10.8 Å². The molecule has 3 rings (SSSR count). The maximum atomic E-state index is 10.3. The van der Waals surface area contributed by atoms with E-state index in [1.807, 2.05) is 0 Å². The summed E-state index contributed by atoms with van der Waals surface area (Å²) in [6, 6.07) is 0. The first kappa shape index (κ1) is 9.89. The van der Waals surface area contributed by atoms with Crippen LogP contribution in [0, 0.1) is 16.2 Å². The van der Waals surface area contributed by atoms with Crippen molar-refractivity contribution in [3.05, 3.63) is 11.6 Å². The second-order valence-electron chi connectivity index (χ2n) is 6.44. The van der Waals surface area contributed by atoms with Crippen LogP contribution in [0.25, 0.3) is 0 Å². The summed E-state index contributed by atoms with van der Waals surface area (Å²) < 4.78 is 0. The lowest BCUT2D eigenvalue weighted by molar-refractivity contribution is -0.00628. The first-order chi connectivity index (χ1) is 6.96. The predicted octanol–water partition coefficient (Wildman–Crippen LogP) is 3.28. The average Bonchev–Trinajstić information content (AvgIpc) is 2.67. The third-order valence-electron chi connectivity index (χ3n) is 6.25. The lowest BCUT2D eigenvalue weighted by atomic mass is 9.58. The van der Waals surface area contributed by atoms with E-state index in [2.05, 4.69) is 26.8 Å². The zero-order valence-electron chi connectivity index (χ0n) is 10.1. The van der Waals surface area contributed by atoms with Crippen molar-refractivity contribution in [3.63, 3.8) is 0 Å². The van der Waals surface area contributed by atoms with Crippen molar-refractivity contribution in [2.75, 3.05) is 0 Å². The minimum absolute atomic E-state index is 0.0816. The van der Waals surface area contributed by atoms with Crippen molar-refractivity contribution < 1.29 is 5.11 Å². The molecule has 2 fully saturated rings. The molecule has 0 aromatic heterocycles. The summed E-state index contributed by atoms with van der Waals surface area (Å²) in [5.74, 6) is 0. The second kappa shape index (κ2) is 2.51. The molecule has 0 amide bonds. The largest absolute Gasteiger partial charge is 0.392 e. The third kappa shape index (κ3) is 0.791. The number of hydrogen-bond acceptors (Lipinski definition) is 1. The van der Waals surface area contributed by atoms with Crippen LogP contribution in [-0.4, -0.2) is 11.2 Å². The highest BCUT2D eigenvalue weighted by molar-refractivity contribution is 5.37. The van der Waals surface area contributed by atoms with Gasteiger partial charge in [0, 0.05) is 5.41 Å². The first-order valence-electron chi connectivity index (χ1n) is 6.34. The fourth-order valence-electron chi connectivity index (χ4n) is 5.27. The van der Waals surface area contributed by atoms with Gasteiger partial charge >= 0.3 is 0 Å². The van der Waals surface area contributed by atoms with Crippen molar-refractivity contribution >= 4 is 0 Å². The van der Waals surface area contributed by atoms with E-state index >= 15 is 0 Å². The van der Waals surface area contributed by atoms with Crippen molar-refractivity contribution in [2.45, 2.75) is 59.0 Å². The molecule has 0 aliphatic heterocycles. The number of allylic oxidation sites excluding steroid dienone is 1. The Labute approximate surface area is 92.6 Å². The van der Waals surface area contributed by atoms with E-state index < -0.39 is 0 Å². The second-order valence-corrected chi connectivity index (χ2v) is 6.44. The molecular weight excluding hydrogens is 184 g/mol. The van der Waals surface area contributed by atoms with Crippen LogP contribution in [0.1, 0.15) is 52.9 Å². The number of hydrogen-bond donors (Lipinski definition) is 1. The summed E-state index contributed by atoms with van der Waals surface area (Å²) in [5, 5.41) is 10.3. The molecule has 3 aliphatic rings. The molecule has 0 bridgehead atoms. The van der Waals surface area contributed by atoms with E-state index in [0.717, 1.165) is 6.42 Å². The Kier molecular flexibility index (Phi) is 1.65. The van der Waals surface area contributed by atoms with Crippen LogP contribution < -0.4 is 0 Å². The normalized spacial score (nSPS) is 57.9. The Bertz CT molecular complexity index is 345. The molecule has 15 heavy (non-hydrogen) atoms. The number of aliphatic hydroxyl groups excluding tert-OH is 1. The smallest absolute Gasteiger partial charge is 0.0636 e. The van der Waals surface area contributed by atoms with Gasteiger partial charge in [0.25, 0.3) is 0 Å². The van der Waals surface area contributed by atoms with E-state index in [1.54, 1.807) is 0 Å². The molecule has 1 heteroatoms. The monoisotopic (exact) mass is 206 g/mol. The SMILES string of the molecule is CC1=C[C@]2(C)CCC[C@@]23CCC(O)[C@@]13C. The summed E-state index contributed by atoms with van der Waals surface area (Å²) in [5.41, 5.74) is 2.31. The molecule has 0 aromatic carbocycles.